The van der Waals surface area contributed by atoms with Crippen molar-refractivity contribution in [3.05, 3.63) is 89.5 Å². The number of fused-ring (bicyclic) bond motifs is 1. The molecule has 0 saturated carbocycles. The van der Waals surface area contributed by atoms with Crippen LogP contribution in [-0.4, -0.2) is 32.0 Å². The highest BCUT2D eigenvalue weighted by Gasteiger charge is 2.22. The van der Waals surface area contributed by atoms with Crippen LogP contribution in [0, 0.1) is 0 Å². The molecule has 0 atom stereocenters. The lowest BCUT2D eigenvalue weighted by molar-refractivity contribution is -0.113. The van der Waals surface area contributed by atoms with E-state index in [4.69, 9.17) is 5.73 Å². The monoisotopic (exact) mass is 409 g/mol. The fraction of sp³-hybridized carbons (Fsp3) is 0.222. The van der Waals surface area contributed by atoms with Crippen LogP contribution in [0.1, 0.15) is 16.7 Å². The largest absolute Gasteiger partial charge is 0.398 e. The lowest BCUT2D eigenvalue weighted by Gasteiger charge is -2.29. The Morgan fingerprint density at radius 2 is 1.74 bits per heavy atom. The molecule has 1 saturated heterocycles. The first-order valence-corrected chi connectivity index (χ1v) is 11.0. The maximum absolute atomic E-state index is 13.2. The Bertz CT molecular complexity index is 1140. The van der Waals surface area contributed by atoms with E-state index in [0.717, 1.165) is 60.4 Å². The van der Waals surface area contributed by atoms with Crippen molar-refractivity contribution in [1.29, 1.82) is 0 Å². The minimum Gasteiger partial charge on any atom is -0.398 e. The van der Waals surface area contributed by atoms with Crippen molar-refractivity contribution in [3.63, 3.8) is 0 Å². The second kappa shape index (κ2) is 8.40. The summed E-state index contributed by atoms with van der Waals surface area (Å²) >= 11 is 0. The summed E-state index contributed by atoms with van der Waals surface area (Å²) in [4.78, 5) is 15.6. The lowest BCUT2D eigenvalue weighted by Crippen LogP contribution is -2.43. The molecule has 1 aliphatic carbocycles. The fourth-order valence-corrected chi connectivity index (χ4v) is 4.55. The molecule has 3 aromatic carbocycles. The molecule has 156 valence electrons. The molecule has 0 unspecified atom stereocenters. The van der Waals surface area contributed by atoms with Gasteiger partial charge in [0, 0.05) is 49.5 Å². The Labute approximate surface area is 183 Å². The number of hydrogen-bond donors (Lipinski definition) is 2. The van der Waals surface area contributed by atoms with Gasteiger partial charge < -0.3 is 16.0 Å². The van der Waals surface area contributed by atoms with Gasteiger partial charge in [0.25, 0.3) is 0 Å². The quantitative estimate of drug-likeness (QED) is 0.623. The van der Waals surface area contributed by atoms with Crippen LogP contribution in [0.5, 0.6) is 0 Å². The van der Waals surface area contributed by atoms with Gasteiger partial charge in [-0.3, -0.25) is 4.79 Å². The number of nitrogens with zero attached hydrogens (tertiary/aromatic N) is 1. The van der Waals surface area contributed by atoms with E-state index >= 15 is 0 Å². The highest BCUT2D eigenvalue weighted by molar-refractivity contribution is 6.23. The van der Waals surface area contributed by atoms with Gasteiger partial charge in [-0.25, -0.2) is 0 Å². The van der Waals surface area contributed by atoms with Gasteiger partial charge in [-0.2, -0.15) is 0 Å². The number of allylic oxidation sites excluding steroid dienone is 2. The molecule has 0 amide bonds. The van der Waals surface area contributed by atoms with E-state index in [-0.39, 0.29) is 5.78 Å². The van der Waals surface area contributed by atoms with Crippen LogP contribution in [0.25, 0.3) is 16.7 Å². The Balaban J connectivity index is 1.36. The van der Waals surface area contributed by atoms with Crippen LogP contribution in [0.2, 0.25) is 0 Å². The summed E-state index contributed by atoms with van der Waals surface area (Å²) < 4.78 is 0. The molecule has 5 rings (SSSR count). The number of hydrogen-bond acceptors (Lipinski definition) is 4. The second-order valence-electron chi connectivity index (χ2n) is 8.28. The zero-order valence-corrected chi connectivity index (χ0v) is 17.6. The Morgan fingerprint density at radius 1 is 0.935 bits per heavy atom. The molecular formula is C27H27N3O. The summed E-state index contributed by atoms with van der Waals surface area (Å²) in [5.41, 5.74) is 14.4. The van der Waals surface area contributed by atoms with E-state index in [1.54, 1.807) is 0 Å². The molecule has 2 aliphatic rings. The van der Waals surface area contributed by atoms with Gasteiger partial charge in [0.15, 0.2) is 5.78 Å². The van der Waals surface area contributed by atoms with E-state index in [1.807, 2.05) is 36.4 Å². The average molecular weight is 410 g/mol. The maximum atomic E-state index is 13.2. The number of nitrogen functional groups attached to an aromatic ring is 1. The molecule has 31 heavy (non-hydrogen) atoms. The van der Waals surface area contributed by atoms with Crippen molar-refractivity contribution in [2.24, 2.45) is 0 Å². The van der Waals surface area contributed by atoms with Gasteiger partial charge in [0.1, 0.15) is 0 Å². The fourth-order valence-electron chi connectivity index (χ4n) is 4.55. The van der Waals surface area contributed by atoms with Gasteiger partial charge in [0.2, 0.25) is 0 Å². The van der Waals surface area contributed by atoms with Gasteiger partial charge >= 0.3 is 0 Å². The minimum atomic E-state index is 0.130. The molecule has 0 radical (unpaired) electrons. The molecule has 1 heterocycles. The van der Waals surface area contributed by atoms with Crippen LogP contribution in [0.15, 0.2) is 72.8 Å². The summed E-state index contributed by atoms with van der Waals surface area (Å²) in [7, 11) is 0. The summed E-state index contributed by atoms with van der Waals surface area (Å²) in [5.74, 6) is 0.130. The average Bonchev–Trinajstić information content (AvgIpc) is 3.25. The van der Waals surface area contributed by atoms with E-state index in [1.165, 1.54) is 11.3 Å². The number of ketones is 1. The SMILES string of the molecule is Nc1ccc(-c2ccccc2)cc1CC(=O)C1=CCc2cc(N3CCNCC3)ccc21. The molecule has 4 heteroatoms. The van der Waals surface area contributed by atoms with E-state index < -0.39 is 0 Å². The van der Waals surface area contributed by atoms with Crippen LogP contribution < -0.4 is 16.0 Å². The smallest absolute Gasteiger partial charge is 0.167 e. The zero-order chi connectivity index (χ0) is 21.2. The second-order valence-corrected chi connectivity index (χ2v) is 8.28. The number of rotatable bonds is 5. The molecule has 3 aromatic rings. The number of anilines is 2. The molecule has 4 nitrogen and oxygen atoms in total. The van der Waals surface area contributed by atoms with Gasteiger partial charge in [-0.1, -0.05) is 48.5 Å². The van der Waals surface area contributed by atoms with Crippen molar-refractivity contribution in [2.75, 3.05) is 36.8 Å². The third kappa shape index (κ3) is 3.99. The van der Waals surface area contributed by atoms with E-state index in [2.05, 4.69) is 46.6 Å². The van der Waals surface area contributed by atoms with Gasteiger partial charge in [0.05, 0.1) is 0 Å². The number of nitrogens with one attached hydrogen (secondary N) is 1. The lowest BCUT2D eigenvalue weighted by atomic mass is 9.95. The minimum absolute atomic E-state index is 0.130. The van der Waals surface area contributed by atoms with Crippen molar-refractivity contribution in [1.82, 2.24) is 5.32 Å². The Morgan fingerprint density at radius 3 is 2.55 bits per heavy atom. The molecule has 1 aliphatic heterocycles. The number of nitrogens with two attached hydrogens (primary N) is 1. The molecule has 0 bridgehead atoms. The highest BCUT2D eigenvalue weighted by Crippen LogP contribution is 2.33. The first kappa shape index (κ1) is 19.6. The first-order chi connectivity index (χ1) is 15.2. The number of carbonyl (C=O) groups is 1. The number of Topliss-reactive ketones (excluding diaryl/α,β-unsaturated/α-hetero) is 1. The maximum Gasteiger partial charge on any atom is 0.167 e. The molecular weight excluding hydrogens is 382 g/mol. The Kier molecular flexibility index (Phi) is 5.31. The van der Waals surface area contributed by atoms with Crippen molar-refractivity contribution in [3.8, 4) is 11.1 Å². The number of piperazine rings is 1. The zero-order valence-electron chi connectivity index (χ0n) is 17.6. The molecule has 0 spiro atoms. The Hall–Kier alpha value is -3.37. The summed E-state index contributed by atoms with van der Waals surface area (Å²) in [6, 6.07) is 22.7. The third-order valence-corrected chi connectivity index (χ3v) is 6.29. The normalized spacial score (nSPS) is 15.5. The third-order valence-electron chi connectivity index (χ3n) is 6.29. The molecule has 3 N–H and O–H groups in total. The summed E-state index contributed by atoms with van der Waals surface area (Å²) in [5, 5.41) is 3.39. The van der Waals surface area contributed by atoms with E-state index in [9.17, 15) is 4.79 Å². The standard InChI is InChI=1S/C27H27N3O/c28-26-11-7-20(19-4-2-1-3-5-19)16-22(26)18-27(31)25-9-6-21-17-23(8-10-24(21)25)30-14-12-29-13-15-30/h1-5,7-11,16-17,29H,6,12-15,18,28H2. The topological polar surface area (TPSA) is 58.4 Å². The van der Waals surface area contributed by atoms with Crippen molar-refractivity contribution in [2.45, 2.75) is 12.8 Å². The number of carbonyl (C=O) groups excluding carboxylic acids is 1. The van der Waals surface area contributed by atoms with Crippen LogP contribution in [-0.2, 0) is 17.6 Å². The van der Waals surface area contributed by atoms with Crippen LogP contribution in [0.3, 0.4) is 0 Å². The van der Waals surface area contributed by atoms with Gasteiger partial charge in [-0.05, 0) is 58.5 Å². The molecule has 0 aromatic heterocycles. The summed E-state index contributed by atoms with van der Waals surface area (Å²) in [6.45, 7) is 4.08. The first-order valence-electron chi connectivity index (χ1n) is 11.0. The predicted octanol–water partition coefficient (Wildman–Crippen LogP) is 4.10. The number of benzene rings is 3. The molecule has 1 fully saturated rings. The highest BCUT2D eigenvalue weighted by atomic mass is 16.1. The predicted molar refractivity (Wildman–Crippen MR) is 128 cm³/mol. The summed E-state index contributed by atoms with van der Waals surface area (Å²) in [6.07, 6.45) is 3.21. The van der Waals surface area contributed by atoms with Crippen molar-refractivity contribution < 1.29 is 4.79 Å². The van der Waals surface area contributed by atoms with E-state index in [0.29, 0.717) is 12.1 Å². The van der Waals surface area contributed by atoms with Gasteiger partial charge in [-0.15, -0.1) is 0 Å². The van der Waals surface area contributed by atoms with Crippen LogP contribution in [0.4, 0.5) is 11.4 Å². The van der Waals surface area contributed by atoms with Crippen molar-refractivity contribution >= 4 is 22.7 Å². The van der Waals surface area contributed by atoms with Crippen LogP contribution >= 0.6 is 0 Å².